The van der Waals surface area contributed by atoms with Crippen LogP contribution < -0.4 is 5.73 Å². The second-order valence-corrected chi connectivity index (χ2v) is 3.58. The molecule has 0 saturated carbocycles. The lowest BCUT2D eigenvalue weighted by molar-refractivity contribution is 0.150. The number of nitrogens with two attached hydrogens (primary N) is 1. The molecule has 0 bridgehead atoms. The molecular weight excluding hydrogens is 298 g/mol. The van der Waals surface area contributed by atoms with Crippen molar-refractivity contribution in [2.75, 3.05) is 5.73 Å². The van der Waals surface area contributed by atoms with Gasteiger partial charge in [-0.05, 0) is 31.9 Å². The van der Waals surface area contributed by atoms with Crippen LogP contribution in [0.3, 0.4) is 0 Å². The zero-order chi connectivity index (χ0) is 9.30. The van der Waals surface area contributed by atoms with E-state index >= 15 is 0 Å². The van der Waals surface area contributed by atoms with Crippen LogP contribution in [0.2, 0.25) is 0 Å². The van der Waals surface area contributed by atoms with E-state index in [1.54, 1.807) is 0 Å². The van der Waals surface area contributed by atoms with Crippen LogP contribution in [0.5, 0.6) is 0 Å². The number of hydrogen-bond donors (Lipinski definition) is 1. The lowest BCUT2D eigenvalue weighted by Crippen LogP contribution is -1.96. The molecule has 0 fully saturated rings. The second kappa shape index (κ2) is 3.66. The standard InChI is InChI=1S/C6H4Br2F2N2/c7-3-2(6(9)10)1-12-5(8)4(3)11/h1,6H,11H2. The predicted octanol–water partition coefficient (Wildman–Crippen LogP) is 3.13. The van der Waals surface area contributed by atoms with E-state index in [-0.39, 0.29) is 15.7 Å². The molecule has 0 amide bonds. The smallest absolute Gasteiger partial charge is 0.266 e. The molecular formula is C6H4Br2F2N2. The third kappa shape index (κ3) is 1.74. The largest absolute Gasteiger partial charge is 0.396 e. The van der Waals surface area contributed by atoms with Crippen molar-refractivity contribution in [3.63, 3.8) is 0 Å². The number of aromatic nitrogens is 1. The molecule has 1 heterocycles. The maximum atomic E-state index is 12.2. The van der Waals surface area contributed by atoms with E-state index in [9.17, 15) is 8.78 Å². The fourth-order valence-electron chi connectivity index (χ4n) is 0.651. The summed E-state index contributed by atoms with van der Waals surface area (Å²) in [5, 5.41) is 0. The van der Waals surface area contributed by atoms with Gasteiger partial charge in [0.25, 0.3) is 6.43 Å². The van der Waals surface area contributed by atoms with Crippen molar-refractivity contribution in [2.45, 2.75) is 6.43 Å². The van der Waals surface area contributed by atoms with E-state index < -0.39 is 6.43 Å². The first-order valence-electron chi connectivity index (χ1n) is 2.91. The number of rotatable bonds is 1. The minimum absolute atomic E-state index is 0.188. The normalized spacial score (nSPS) is 10.8. The molecule has 0 atom stereocenters. The number of nitrogens with zero attached hydrogens (tertiary/aromatic N) is 1. The third-order valence-electron chi connectivity index (χ3n) is 1.26. The molecule has 0 radical (unpaired) electrons. The Bertz CT molecular complexity index is 304. The zero-order valence-electron chi connectivity index (χ0n) is 5.69. The lowest BCUT2D eigenvalue weighted by atomic mass is 10.3. The molecule has 0 unspecified atom stereocenters. The topological polar surface area (TPSA) is 38.9 Å². The number of halogens is 4. The van der Waals surface area contributed by atoms with Gasteiger partial charge in [0.2, 0.25) is 0 Å². The first-order valence-corrected chi connectivity index (χ1v) is 4.50. The van der Waals surface area contributed by atoms with Gasteiger partial charge in [0.15, 0.2) is 0 Å². The summed E-state index contributed by atoms with van der Waals surface area (Å²) in [6.45, 7) is 0. The van der Waals surface area contributed by atoms with E-state index in [1.807, 2.05) is 0 Å². The van der Waals surface area contributed by atoms with E-state index in [4.69, 9.17) is 5.73 Å². The summed E-state index contributed by atoms with van der Waals surface area (Å²) in [6, 6.07) is 0. The van der Waals surface area contributed by atoms with Crippen LogP contribution >= 0.6 is 31.9 Å². The predicted molar refractivity (Wildman–Crippen MR) is 49.0 cm³/mol. The van der Waals surface area contributed by atoms with Crippen molar-refractivity contribution >= 4 is 37.5 Å². The molecule has 0 aliphatic carbocycles. The van der Waals surface area contributed by atoms with Gasteiger partial charge in [-0.1, -0.05) is 0 Å². The average molecular weight is 302 g/mol. The highest BCUT2D eigenvalue weighted by atomic mass is 79.9. The van der Waals surface area contributed by atoms with Crippen LogP contribution in [0.4, 0.5) is 14.5 Å². The number of nitrogen functional groups attached to an aromatic ring is 1. The summed E-state index contributed by atoms with van der Waals surface area (Å²) in [7, 11) is 0. The maximum absolute atomic E-state index is 12.2. The van der Waals surface area contributed by atoms with Gasteiger partial charge in [-0.3, -0.25) is 0 Å². The fourth-order valence-corrected chi connectivity index (χ4v) is 1.68. The molecule has 1 aromatic rings. The van der Waals surface area contributed by atoms with E-state index in [2.05, 4.69) is 36.8 Å². The molecule has 0 saturated heterocycles. The Labute approximate surface area is 84.4 Å². The summed E-state index contributed by atoms with van der Waals surface area (Å²) >= 11 is 5.97. The molecule has 2 nitrogen and oxygen atoms in total. The van der Waals surface area contributed by atoms with Crippen molar-refractivity contribution in [3.05, 3.63) is 20.8 Å². The van der Waals surface area contributed by atoms with Gasteiger partial charge in [0.1, 0.15) is 4.60 Å². The third-order valence-corrected chi connectivity index (χ3v) is 2.78. The Morgan fingerprint density at radius 1 is 1.42 bits per heavy atom. The van der Waals surface area contributed by atoms with Crippen LogP contribution in [-0.4, -0.2) is 4.98 Å². The summed E-state index contributed by atoms with van der Waals surface area (Å²) in [6.07, 6.45) is -1.49. The van der Waals surface area contributed by atoms with Gasteiger partial charge >= 0.3 is 0 Å². The van der Waals surface area contributed by atoms with Crippen molar-refractivity contribution in [1.29, 1.82) is 0 Å². The van der Waals surface area contributed by atoms with Crippen LogP contribution in [-0.2, 0) is 0 Å². The molecule has 6 heteroatoms. The molecule has 66 valence electrons. The minimum atomic E-state index is -2.57. The Morgan fingerprint density at radius 2 is 2.00 bits per heavy atom. The average Bonchev–Trinajstić information content (AvgIpc) is 2.00. The number of anilines is 1. The lowest BCUT2D eigenvalue weighted by Gasteiger charge is -2.05. The first-order chi connectivity index (χ1) is 5.54. The molecule has 0 spiro atoms. The highest BCUT2D eigenvalue weighted by Crippen LogP contribution is 2.34. The number of alkyl halides is 2. The van der Waals surface area contributed by atoms with Gasteiger partial charge in [-0.15, -0.1) is 0 Å². The molecule has 1 rings (SSSR count). The number of hydrogen-bond acceptors (Lipinski definition) is 2. The summed E-state index contributed by atoms with van der Waals surface area (Å²) in [4.78, 5) is 3.64. The van der Waals surface area contributed by atoms with E-state index in [1.165, 1.54) is 0 Å². The molecule has 0 aromatic carbocycles. The van der Waals surface area contributed by atoms with Crippen molar-refractivity contribution in [3.8, 4) is 0 Å². The van der Waals surface area contributed by atoms with E-state index in [0.29, 0.717) is 4.60 Å². The van der Waals surface area contributed by atoms with Crippen LogP contribution in [0.1, 0.15) is 12.0 Å². The SMILES string of the molecule is Nc1c(Br)ncc(C(F)F)c1Br. The monoisotopic (exact) mass is 300 g/mol. The molecule has 0 aliphatic rings. The quantitative estimate of drug-likeness (QED) is 0.810. The van der Waals surface area contributed by atoms with Crippen LogP contribution in [0, 0.1) is 0 Å². The summed E-state index contributed by atoms with van der Waals surface area (Å²) in [5.41, 5.74) is 5.42. The van der Waals surface area contributed by atoms with Gasteiger partial charge in [0.05, 0.1) is 15.7 Å². The molecule has 0 aliphatic heterocycles. The highest BCUT2D eigenvalue weighted by molar-refractivity contribution is 9.11. The first kappa shape index (κ1) is 9.85. The number of pyridine rings is 1. The Hall–Kier alpha value is -0.230. The maximum Gasteiger partial charge on any atom is 0.266 e. The highest BCUT2D eigenvalue weighted by Gasteiger charge is 2.15. The zero-order valence-corrected chi connectivity index (χ0v) is 8.86. The van der Waals surface area contributed by atoms with E-state index in [0.717, 1.165) is 6.20 Å². The van der Waals surface area contributed by atoms with Crippen molar-refractivity contribution < 1.29 is 8.78 Å². The van der Waals surface area contributed by atoms with Crippen molar-refractivity contribution in [2.24, 2.45) is 0 Å². The van der Waals surface area contributed by atoms with Crippen LogP contribution in [0.15, 0.2) is 15.3 Å². The fraction of sp³-hybridized carbons (Fsp3) is 0.167. The minimum Gasteiger partial charge on any atom is -0.396 e. The Morgan fingerprint density at radius 3 is 2.50 bits per heavy atom. The molecule has 1 aromatic heterocycles. The van der Waals surface area contributed by atoms with Gasteiger partial charge in [-0.2, -0.15) is 0 Å². The molecule has 2 N–H and O–H groups in total. The van der Waals surface area contributed by atoms with Crippen molar-refractivity contribution in [1.82, 2.24) is 4.98 Å². The van der Waals surface area contributed by atoms with Gasteiger partial charge < -0.3 is 5.73 Å². The Kier molecular flexibility index (Phi) is 3.00. The Balaban J connectivity index is 3.27. The van der Waals surface area contributed by atoms with Gasteiger partial charge in [0, 0.05) is 6.20 Å². The summed E-state index contributed by atoms with van der Waals surface area (Å²) < 4.78 is 25.0. The summed E-state index contributed by atoms with van der Waals surface area (Å²) in [5.74, 6) is 0. The van der Waals surface area contributed by atoms with Gasteiger partial charge in [-0.25, -0.2) is 13.8 Å². The second-order valence-electron chi connectivity index (χ2n) is 2.03. The van der Waals surface area contributed by atoms with Crippen LogP contribution in [0.25, 0.3) is 0 Å². The molecule has 12 heavy (non-hydrogen) atoms.